The van der Waals surface area contributed by atoms with Crippen molar-refractivity contribution in [2.45, 2.75) is 49.8 Å². The van der Waals surface area contributed by atoms with Gasteiger partial charge in [0.2, 0.25) is 10.0 Å². The van der Waals surface area contributed by atoms with Gasteiger partial charge in [0.25, 0.3) is 0 Å². The second kappa shape index (κ2) is 9.00. The normalized spacial score (nSPS) is 20.6. The maximum Gasteiger partial charge on any atom is 0.243 e. The molecule has 0 atom stereocenters. The lowest BCUT2D eigenvalue weighted by Gasteiger charge is -2.23. The molecule has 0 saturated carbocycles. The SMILES string of the molecule is CN1/C(=C/C=Nc2cc(S(=O)(=O)N3CCCCCC3)ccc2Cl)C(C)(C)c2ccccc21. The van der Waals surface area contributed by atoms with Gasteiger partial charge in [0.1, 0.15) is 0 Å². The van der Waals surface area contributed by atoms with Gasteiger partial charge in [0.05, 0.1) is 15.6 Å². The molecule has 2 heterocycles. The van der Waals surface area contributed by atoms with Crippen molar-refractivity contribution < 1.29 is 8.42 Å². The molecule has 0 unspecified atom stereocenters. The van der Waals surface area contributed by atoms with Crippen LogP contribution in [0.1, 0.15) is 45.1 Å². The van der Waals surface area contributed by atoms with Gasteiger partial charge in [-0.1, -0.05) is 56.5 Å². The Bertz CT molecular complexity index is 1160. The molecule has 1 saturated heterocycles. The fourth-order valence-corrected chi connectivity index (χ4v) is 6.38. The predicted octanol–water partition coefficient (Wildman–Crippen LogP) is 5.92. The Morgan fingerprint density at radius 3 is 2.41 bits per heavy atom. The van der Waals surface area contributed by atoms with Crippen LogP contribution in [0.25, 0.3) is 0 Å². The van der Waals surface area contributed by atoms with Gasteiger partial charge in [-0.25, -0.2) is 8.42 Å². The summed E-state index contributed by atoms with van der Waals surface area (Å²) in [6.45, 7) is 5.52. The molecule has 0 bridgehead atoms. The van der Waals surface area contributed by atoms with Crippen molar-refractivity contribution in [3.63, 3.8) is 0 Å². The number of para-hydroxylation sites is 1. The van der Waals surface area contributed by atoms with Crippen LogP contribution in [-0.4, -0.2) is 39.1 Å². The van der Waals surface area contributed by atoms with Gasteiger partial charge in [0.15, 0.2) is 0 Å². The van der Waals surface area contributed by atoms with E-state index in [-0.39, 0.29) is 10.3 Å². The third-order valence-corrected chi connectivity index (χ3v) is 8.72. The summed E-state index contributed by atoms with van der Waals surface area (Å²) < 4.78 is 27.9. The highest BCUT2D eigenvalue weighted by atomic mass is 35.5. The fourth-order valence-electron chi connectivity index (χ4n) is 4.67. The quantitative estimate of drug-likeness (QED) is 0.520. The monoisotopic (exact) mass is 471 g/mol. The number of allylic oxidation sites excluding steroid dienone is 2. The average Bonchev–Trinajstić information content (AvgIpc) is 2.98. The summed E-state index contributed by atoms with van der Waals surface area (Å²) in [4.78, 5) is 6.94. The smallest absolute Gasteiger partial charge is 0.243 e. The Hall–Kier alpha value is -2.15. The number of rotatable bonds is 4. The van der Waals surface area contributed by atoms with Crippen LogP contribution < -0.4 is 4.90 Å². The minimum atomic E-state index is -3.55. The number of nitrogens with zero attached hydrogens (tertiary/aromatic N) is 3. The van der Waals surface area contributed by atoms with E-state index in [1.165, 1.54) is 11.3 Å². The summed E-state index contributed by atoms with van der Waals surface area (Å²) in [6.07, 6.45) is 7.64. The minimum absolute atomic E-state index is 0.154. The van der Waals surface area contributed by atoms with E-state index >= 15 is 0 Å². The lowest BCUT2D eigenvalue weighted by Crippen LogP contribution is -2.31. The molecular weight excluding hydrogens is 442 g/mol. The topological polar surface area (TPSA) is 53.0 Å². The molecule has 32 heavy (non-hydrogen) atoms. The van der Waals surface area contributed by atoms with E-state index in [1.54, 1.807) is 28.7 Å². The Morgan fingerprint density at radius 1 is 1.03 bits per heavy atom. The number of halogens is 1. The first-order valence-electron chi connectivity index (χ1n) is 11.1. The van der Waals surface area contributed by atoms with Crippen molar-refractivity contribution in [3.05, 3.63) is 64.8 Å². The molecule has 0 radical (unpaired) electrons. The van der Waals surface area contributed by atoms with E-state index in [0.717, 1.165) is 31.4 Å². The van der Waals surface area contributed by atoms with Gasteiger partial charge in [0, 0.05) is 43.2 Å². The number of anilines is 1. The van der Waals surface area contributed by atoms with Crippen LogP contribution in [0.2, 0.25) is 5.02 Å². The summed E-state index contributed by atoms with van der Waals surface area (Å²) in [5.41, 5.74) is 3.87. The van der Waals surface area contributed by atoms with Crippen molar-refractivity contribution in [1.82, 2.24) is 4.31 Å². The number of aliphatic imine (C=N–C) groups is 1. The molecule has 2 aromatic rings. The van der Waals surface area contributed by atoms with E-state index in [9.17, 15) is 8.42 Å². The first kappa shape index (κ1) is 23.0. The Balaban J connectivity index is 1.62. The zero-order valence-electron chi connectivity index (χ0n) is 18.9. The number of likely N-dealkylation sites (N-methyl/N-ethyl adjacent to an activating group) is 1. The molecular formula is C25H30ClN3O2S. The third kappa shape index (κ3) is 4.24. The maximum absolute atomic E-state index is 13.2. The lowest BCUT2D eigenvalue weighted by molar-refractivity contribution is 0.424. The zero-order valence-corrected chi connectivity index (χ0v) is 20.5. The molecule has 1 fully saturated rings. The molecule has 0 amide bonds. The van der Waals surface area contributed by atoms with Crippen molar-refractivity contribution in [1.29, 1.82) is 0 Å². The fraction of sp³-hybridized carbons (Fsp3) is 0.400. The zero-order chi connectivity index (χ0) is 22.9. The average molecular weight is 472 g/mol. The van der Waals surface area contributed by atoms with E-state index < -0.39 is 10.0 Å². The number of fused-ring (bicyclic) bond motifs is 1. The van der Waals surface area contributed by atoms with Crippen molar-refractivity contribution in [2.24, 2.45) is 4.99 Å². The Labute approximate surface area is 196 Å². The number of hydrogen-bond acceptors (Lipinski definition) is 4. The molecule has 0 spiro atoms. The van der Waals surface area contributed by atoms with Gasteiger partial charge in [-0.2, -0.15) is 4.31 Å². The Morgan fingerprint density at radius 2 is 1.72 bits per heavy atom. The molecule has 4 rings (SSSR count). The van der Waals surface area contributed by atoms with Gasteiger partial charge < -0.3 is 4.90 Å². The lowest BCUT2D eigenvalue weighted by atomic mass is 9.84. The van der Waals surface area contributed by atoms with Crippen LogP contribution in [0, 0.1) is 0 Å². The highest BCUT2D eigenvalue weighted by Crippen LogP contribution is 2.46. The highest BCUT2D eigenvalue weighted by Gasteiger charge is 2.37. The summed E-state index contributed by atoms with van der Waals surface area (Å²) in [6, 6.07) is 13.1. The number of sulfonamides is 1. The predicted molar refractivity (Wildman–Crippen MR) is 133 cm³/mol. The maximum atomic E-state index is 13.2. The molecule has 2 aliphatic rings. The van der Waals surface area contributed by atoms with Gasteiger partial charge >= 0.3 is 0 Å². The largest absolute Gasteiger partial charge is 0.347 e. The summed E-state index contributed by atoms with van der Waals surface area (Å²) >= 11 is 6.36. The molecule has 0 aromatic heterocycles. The number of hydrogen-bond donors (Lipinski definition) is 0. The molecule has 0 N–H and O–H groups in total. The minimum Gasteiger partial charge on any atom is -0.347 e. The molecule has 5 nitrogen and oxygen atoms in total. The van der Waals surface area contributed by atoms with Crippen LogP contribution in [0.3, 0.4) is 0 Å². The van der Waals surface area contributed by atoms with E-state index in [2.05, 4.69) is 49.0 Å². The van der Waals surface area contributed by atoms with Gasteiger partial charge in [-0.05, 0) is 48.7 Å². The van der Waals surface area contributed by atoms with Crippen molar-refractivity contribution >= 4 is 39.2 Å². The van der Waals surface area contributed by atoms with Crippen LogP contribution in [-0.2, 0) is 15.4 Å². The van der Waals surface area contributed by atoms with E-state index in [1.807, 2.05) is 12.1 Å². The van der Waals surface area contributed by atoms with Gasteiger partial charge in [-0.15, -0.1) is 0 Å². The molecule has 2 aromatic carbocycles. The first-order chi connectivity index (χ1) is 15.2. The first-order valence-corrected chi connectivity index (χ1v) is 12.9. The highest BCUT2D eigenvalue weighted by molar-refractivity contribution is 7.89. The Kier molecular flexibility index (Phi) is 6.48. The second-order valence-corrected chi connectivity index (χ2v) is 11.3. The molecule has 2 aliphatic heterocycles. The van der Waals surface area contributed by atoms with E-state index in [4.69, 9.17) is 11.6 Å². The summed E-state index contributed by atoms with van der Waals surface area (Å²) in [5.74, 6) is 0. The van der Waals surface area contributed by atoms with Crippen LogP contribution >= 0.6 is 11.6 Å². The third-order valence-electron chi connectivity index (χ3n) is 6.51. The van der Waals surface area contributed by atoms with Crippen molar-refractivity contribution in [2.75, 3.05) is 25.0 Å². The van der Waals surface area contributed by atoms with Crippen LogP contribution in [0.15, 0.2) is 64.1 Å². The molecule has 7 heteroatoms. The summed E-state index contributed by atoms with van der Waals surface area (Å²) in [5, 5.41) is 0.428. The number of benzene rings is 2. The standard InChI is InChI=1S/C25H30ClN3O2S/c1-25(2)20-10-6-7-11-23(20)28(3)24(25)14-15-27-22-18-19(12-13-21(22)26)32(30,31)29-16-8-4-5-9-17-29/h6-7,10-15,18H,4-5,8-9,16-17H2,1-3H3/b24-14+,27-15?. The summed E-state index contributed by atoms with van der Waals surface area (Å²) in [7, 11) is -1.50. The van der Waals surface area contributed by atoms with Crippen molar-refractivity contribution in [3.8, 4) is 0 Å². The second-order valence-electron chi connectivity index (χ2n) is 8.96. The van der Waals surface area contributed by atoms with Gasteiger partial charge in [-0.3, -0.25) is 4.99 Å². The van der Waals surface area contributed by atoms with Crippen LogP contribution in [0.5, 0.6) is 0 Å². The molecule has 170 valence electrons. The van der Waals surface area contributed by atoms with E-state index in [0.29, 0.717) is 23.8 Å². The molecule has 0 aliphatic carbocycles. The van der Waals surface area contributed by atoms with Crippen LogP contribution in [0.4, 0.5) is 11.4 Å².